The minimum absolute atomic E-state index is 0.164. The fourth-order valence-corrected chi connectivity index (χ4v) is 1.24. The van der Waals surface area contributed by atoms with Crippen molar-refractivity contribution in [3.63, 3.8) is 0 Å². The van der Waals surface area contributed by atoms with Gasteiger partial charge >= 0.3 is 0 Å². The van der Waals surface area contributed by atoms with Gasteiger partial charge in [-0.15, -0.1) is 0 Å². The lowest BCUT2D eigenvalue weighted by Crippen LogP contribution is -1.95. The Morgan fingerprint density at radius 1 is 1.27 bits per heavy atom. The van der Waals surface area contributed by atoms with Crippen LogP contribution < -0.4 is 5.73 Å². The van der Waals surface area contributed by atoms with Gasteiger partial charge in [0, 0.05) is 6.20 Å². The van der Waals surface area contributed by atoms with Gasteiger partial charge in [0.05, 0.1) is 10.9 Å². The molecule has 3 nitrogen and oxygen atoms in total. The van der Waals surface area contributed by atoms with Crippen LogP contribution in [0.5, 0.6) is 0 Å². The first-order valence-corrected chi connectivity index (χ1v) is 4.85. The number of aromatic nitrogens is 2. The van der Waals surface area contributed by atoms with Crippen LogP contribution in [0, 0.1) is 12.7 Å². The number of halogens is 1. The average molecular weight is 207 g/mol. The van der Waals surface area contributed by atoms with Crippen LogP contribution in [-0.2, 0) is 0 Å². The van der Waals surface area contributed by atoms with E-state index in [4.69, 9.17) is 5.73 Å². The molecule has 0 aliphatic rings. The third kappa shape index (κ3) is 2.40. The molecule has 0 bridgehead atoms. The molecule has 15 heavy (non-hydrogen) atoms. The number of anilines is 1. The minimum atomic E-state index is -0.310. The van der Waals surface area contributed by atoms with Crippen molar-refractivity contribution in [3.8, 4) is 0 Å². The summed E-state index contributed by atoms with van der Waals surface area (Å²) in [6.07, 6.45) is 1.40. The van der Waals surface area contributed by atoms with Gasteiger partial charge in [-0.3, -0.25) is 0 Å². The fraction of sp³-hybridized carbons (Fsp3) is 0.273. The van der Waals surface area contributed by atoms with Gasteiger partial charge in [-0.25, -0.2) is 14.4 Å². The van der Waals surface area contributed by atoms with E-state index in [2.05, 4.69) is 9.97 Å². The molecule has 2 N–H and O–H groups in total. The standard InChI is InChI=1S/C9H8FN3.C2H6/c1-5-2-7(10)6-4-12-9(11)13-8(6)3-5;1-2/h2-4H,1H3,(H2,11,12,13);1-2H3. The summed E-state index contributed by atoms with van der Waals surface area (Å²) in [5.41, 5.74) is 6.75. The van der Waals surface area contributed by atoms with Crippen molar-refractivity contribution in [2.24, 2.45) is 0 Å². The Balaban J connectivity index is 0.000000531. The van der Waals surface area contributed by atoms with Crippen LogP contribution in [0.1, 0.15) is 19.4 Å². The molecule has 1 heterocycles. The fourth-order valence-electron chi connectivity index (χ4n) is 1.24. The number of nitrogen functional groups attached to an aromatic ring is 1. The van der Waals surface area contributed by atoms with Crippen LogP contribution in [0.4, 0.5) is 10.3 Å². The normalized spacial score (nSPS) is 9.60. The second-order valence-corrected chi connectivity index (χ2v) is 2.91. The molecule has 0 radical (unpaired) electrons. The van der Waals surface area contributed by atoms with E-state index in [0.717, 1.165) is 5.56 Å². The van der Waals surface area contributed by atoms with E-state index in [1.54, 1.807) is 13.0 Å². The van der Waals surface area contributed by atoms with E-state index in [0.29, 0.717) is 10.9 Å². The molecule has 0 saturated heterocycles. The Labute approximate surface area is 88.2 Å². The first-order valence-electron chi connectivity index (χ1n) is 4.85. The maximum Gasteiger partial charge on any atom is 0.220 e. The molecule has 0 aliphatic heterocycles. The lowest BCUT2D eigenvalue weighted by Gasteiger charge is -2.00. The Morgan fingerprint density at radius 3 is 2.60 bits per heavy atom. The summed E-state index contributed by atoms with van der Waals surface area (Å²) in [7, 11) is 0. The highest BCUT2D eigenvalue weighted by Gasteiger charge is 2.03. The molecule has 0 spiro atoms. The van der Waals surface area contributed by atoms with E-state index in [9.17, 15) is 4.39 Å². The van der Waals surface area contributed by atoms with Crippen LogP contribution in [0.15, 0.2) is 18.3 Å². The van der Waals surface area contributed by atoms with Crippen molar-refractivity contribution in [1.29, 1.82) is 0 Å². The molecular formula is C11H14FN3. The van der Waals surface area contributed by atoms with E-state index < -0.39 is 0 Å². The van der Waals surface area contributed by atoms with Gasteiger partial charge in [0.1, 0.15) is 5.82 Å². The second kappa shape index (κ2) is 4.68. The Morgan fingerprint density at radius 2 is 1.93 bits per heavy atom. The van der Waals surface area contributed by atoms with Gasteiger partial charge in [0.25, 0.3) is 0 Å². The van der Waals surface area contributed by atoms with Crippen molar-refractivity contribution in [2.45, 2.75) is 20.8 Å². The summed E-state index contributed by atoms with van der Waals surface area (Å²) in [4.78, 5) is 7.65. The first kappa shape index (κ1) is 11.4. The highest BCUT2D eigenvalue weighted by Crippen LogP contribution is 2.17. The summed E-state index contributed by atoms with van der Waals surface area (Å²) in [5, 5.41) is 0.403. The van der Waals surface area contributed by atoms with E-state index in [-0.39, 0.29) is 11.8 Å². The highest BCUT2D eigenvalue weighted by atomic mass is 19.1. The summed E-state index contributed by atoms with van der Waals surface area (Å²) >= 11 is 0. The first-order chi connectivity index (χ1) is 7.16. The third-order valence-electron chi connectivity index (χ3n) is 1.81. The number of nitrogens with zero attached hydrogens (tertiary/aromatic N) is 2. The number of benzene rings is 1. The van der Waals surface area contributed by atoms with Crippen LogP contribution in [0.25, 0.3) is 10.9 Å². The van der Waals surface area contributed by atoms with Gasteiger partial charge in [0.2, 0.25) is 5.95 Å². The molecule has 1 aromatic heterocycles. The van der Waals surface area contributed by atoms with Crippen LogP contribution in [0.2, 0.25) is 0 Å². The zero-order valence-electron chi connectivity index (χ0n) is 9.08. The molecule has 0 unspecified atom stereocenters. The van der Waals surface area contributed by atoms with Crippen molar-refractivity contribution < 1.29 is 4.39 Å². The van der Waals surface area contributed by atoms with Crippen molar-refractivity contribution >= 4 is 16.9 Å². The van der Waals surface area contributed by atoms with Crippen molar-refractivity contribution in [1.82, 2.24) is 9.97 Å². The van der Waals surface area contributed by atoms with Gasteiger partial charge in [0.15, 0.2) is 0 Å². The predicted octanol–water partition coefficient (Wildman–Crippen LogP) is 2.69. The second-order valence-electron chi connectivity index (χ2n) is 2.91. The third-order valence-corrected chi connectivity index (χ3v) is 1.81. The average Bonchev–Trinajstić information content (AvgIpc) is 2.19. The smallest absolute Gasteiger partial charge is 0.220 e. The van der Waals surface area contributed by atoms with Gasteiger partial charge in [-0.2, -0.15) is 0 Å². The lowest BCUT2D eigenvalue weighted by atomic mass is 10.2. The van der Waals surface area contributed by atoms with Crippen LogP contribution in [0.3, 0.4) is 0 Å². The molecular weight excluding hydrogens is 193 g/mol. The summed E-state index contributed by atoms with van der Waals surface area (Å²) < 4.78 is 13.3. The number of hydrogen-bond acceptors (Lipinski definition) is 3. The molecule has 2 rings (SSSR count). The zero-order chi connectivity index (χ0) is 11.4. The van der Waals surface area contributed by atoms with E-state index in [1.807, 2.05) is 13.8 Å². The van der Waals surface area contributed by atoms with E-state index in [1.165, 1.54) is 12.3 Å². The van der Waals surface area contributed by atoms with E-state index >= 15 is 0 Å². The van der Waals surface area contributed by atoms with Gasteiger partial charge < -0.3 is 5.73 Å². The molecule has 0 fully saturated rings. The monoisotopic (exact) mass is 207 g/mol. The van der Waals surface area contributed by atoms with Crippen molar-refractivity contribution in [3.05, 3.63) is 29.7 Å². The Kier molecular flexibility index (Phi) is 3.55. The quantitative estimate of drug-likeness (QED) is 0.722. The minimum Gasteiger partial charge on any atom is -0.368 e. The summed E-state index contributed by atoms with van der Waals surface area (Å²) in [6.45, 7) is 5.81. The molecule has 80 valence electrons. The number of aryl methyl sites for hydroxylation is 1. The molecule has 0 amide bonds. The SMILES string of the molecule is CC.Cc1cc(F)c2cnc(N)nc2c1. The Bertz CT molecular complexity index is 463. The molecule has 0 atom stereocenters. The number of hydrogen-bond donors (Lipinski definition) is 1. The number of fused-ring (bicyclic) bond motifs is 1. The molecule has 0 saturated carbocycles. The number of rotatable bonds is 0. The van der Waals surface area contributed by atoms with Crippen LogP contribution in [-0.4, -0.2) is 9.97 Å². The molecule has 4 heteroatoms. The number of nitrogens with two attached hydrogens (primary N) is 1. The zero-order valence-corrected chi connectivity index (χ0v) is 9.08. The van der Waals surface area contributed by atoms with Gasteiger partial charge in [-0.1, -0.05) is 13.8 Å². The molecule has 1 aromatic carbocycles. The maximum absolute atomic E-state index is 13.3. The summed E-state index contributed by atoms with van der Waals surface area (Å²) in [5.74, 6) is -0.146. The highest BCUT2D eigenvalue weighted by molar-refractivity contribution is 5.79. The van der Waals surface area contributed by atoms with Crippen LogP contribution >= 0.6 is 0 Å². The van der Waals surface area contributed by atoms with Gasteiger partial charge in [-0.05, 0) is 24.6 Å². The predicted molar refractivity (Wildman–Crippen MR) is 60.0 cm³/mol. The largest absolute Gasteiger partial charge is 0.368 e. The Hall–Kier alpha value is -1.71. The summed E-state index contributed by atoms with van der Waals surface area (Å²) in [6, 6.07) is 3.22. The molecule has 0 aliphatic carbocycles. The lowest BCUT2D eigenvalue weighted by molar-refractivity contribution is 0.638. The maximum atomic E-state index is 13.3. The topological polar surface area (TPSA) is 51.8 Å². The molecule has 2 aromatic rings. The van der Waals surface area contributed by atoms with Crippen molar-refractivity contribution in [2.75, 3.05) is 5.73 Å².